The molecule has 0 bridgehead atoms. The minimum Gasteiger partial charge on any atom is -0.444 e. The highest BCUT2D eigenvalue weighted by Gasteiger charge is 2.26. The van der Waals surface area contributed by atoms with Crippen LogP contribution in [0.3, 0.4) is 0 Å². The molecule has 2 aliphatic rings. The lowest BCUT2D eigenvalue weighted by Crippen LogP contribution is -2.49. The van der Waals surface area contributed by atoms with Crippen molar-refractivity contribution in [3.05, 3.63) is 47.7 Å². The molecule has 1 atom stereocenters. The van der Waals surface area contributed by atoms with Gasteiger partial charge in [0, 0.05) is 55.7 Å². The van der Waals surface area contributed by atoms with Gasteiger partial charge in [0.25, 0.3) is 11.8 Å². The Morgan fingerprint density at radius 3 is 2.47 bits per heavy atom. The van der Waals surface area contributed by atoms with Crippen molar-refractivity contribution in [1.29, 1.82) is 0 Å². The molecule has 38 heavy (non-hydrogen) atoms. The van der Waals surface area contributed by atoms with Crippen molar-refractivity contribution in [1.82, 2.24) is 15.2 Å². The summed E-state index contributed by atoms with van der Waals surface area (Å²) in [5.74, 6) is 0.0181. The molecule has 1 aromatic carbocycles. The van der Waals surface area contributed by atoms with Gasteiger partial charge in [0.1, 0.15) is 11.4 Å². The van der Waals surface area contributed by atoms with E-state index >= 15 is 0 Å². The van der Waals surface area contributed by atoms with Crippen LogP contribution in [0.4, 0.5) is 22.0 Å². The summed E-state index contributed by atoms with van der Waals surface area (Å²) in [5, 5.41) is 6.19. The number of alkyl carbamates (subject to hydrolysis) is 1. The van der Waals surface area contributed by atoms with Crippen molar-refractivity contribution in [3.63, 3.8) is 0 Å². The number of rotatable bonds is 6. The van der Waals surface area contributed by atoms with E-state index in [1.165, 1.54) is 6.20 Å². The van der Waals surface area contributed by atoms with E-state index in [0.29, 0.717) is 55.6 Å². The molecule has 3 heterocycles. The molecule has 0 spiro atoms. The lowest BCUT2D eigenvalue weighted by atomic mass is 10.1. The topological polar surface area (TPSA) is 139 Å². The Morgan fingerprint density at radius 1 is 1.11 bits per heavy atom. The van der Waals surface area contributed by atoms with Gasteiger partial charge in [-0.2, -0.15) is 0 Å². The summed E-state index contributed by atoms with van der Waals surface area (Å²) in [7, 11) is 0. The largest absolute Gasteiger partial charge is 0.444 e. The molecule has 4 rings (SSSR count). The Morgan fingerprint density at radius 2 is 1.82 bits per heavy atom. The molecular formula is C27H36N6O5. The van der Waals surface area contributed by atoms with Crippen molar-refractivity contribution >= 4 is 35.1 Å². The number of morpholine rings is 1. The number of hydrogen-bond donors (Lipinski definition) is 3. The predicted octanol–water partition coefficient (Wildman–Crippen LogP) is 2.89. The van der Waals surface area contributed by atoms with Crippen LogP contribution in [0.15, 0.2) is 36.5 Å². The van der Waals surface area contributed by atoms with Crippen molar-refractivity contribution < 1.29 is 23.9 Å². The zero-order valence-corrected chi connectivity index (χ0v) is 22.2. The Hall–Kier alpha value is -3.86. The van der Waals surface area contributed by atoms with Crippen LogP contribution in [0.1, 0.15) is 54.3 Å². The third-order valence-electron chi connectivity index (χ3n) is 6.33. The molecule has 11 heteroatoms. The first kappa shape index (κ1) is 27.2. The molecule has 0 aliphatic carbocycles. The van der Waals surface area contributed by atoms with E-state index in [1.54, 1.807) is 35.2 Å². The third kappa shape index (κ3) is 7.12. The normalized spacial score (nSPS) is 18.0. The van der Waals surface area contributed by atoms with Gasteiger partial charge in [0.05, 0.1) is 24.5 Å². The summed E-state index contributed by atoms with van der Waals surface area (Å²) in [6, 6.07) is 8.78. The van der Waals surface area contributed by atoms with E-state index in [-0.39, 0.29) is 17.5 Å². The van der Waals surface area contributed by atoms with Crippen molar-refractivity contribution in [2.75, 3.05) is 49.6 Å². The van der Waals surface area contributed by atoms with Gasteiger partial charge in [-0.3, -0.25) is 9.59 Å². The Balaban J connectivity index is 1.46. The number of benzene rings is 1. The zero-order valence-electron chi connectivity index (χ0n) is 22.2. The van der Waals surface area contributed by atoms with E-state index in [1.807, 2.05) is 20.8 Å². The molecule has 2 saturated heterocycles. The number of carbonyl (C=O) groups excluding carboxylic acids is 3. The maximum absolute atomic E-state index is 12.7. The van der Waals surface area contributed by atoms with Crippen LogP contribution in [-0.4, -0.2) is 78.8 Å². The summed E-state index contributed by atoms with van der Waals surface area (Å²) in [6.07, 6.45) is 2.71. The monoisotopic (exact) mass is 524 g/mol. The predicted molar refractivity (Wildman–Crippen MR) is 144 cm³/mol. The average molecular weight is 525 g/mol. The highest BCUT2D eigenvalue weighted by molar-refractivity contribution is 5.99. The van der Waals surface area contributed by atoms with Gasteiger partial charge in [-0.1, -0.05) is 0 Å². The fraction of sp³-hybridized carbons (Fsp3) is 0.481. The van der Waals surface area contributed by atoms with Gasteiger partial charge in [-0.25, -0.2) is 9.78 Å². The van der Waals surface area contributed by atoms with Crippen LogP contribution >= 0.6 is 0 Å². The minimum absolute atomic E-state index is 0.0384. The SMILES string of the molecule is CC(C)(C)OC(=O)N[C@@H]1CCCN(c2cc(Nc3ccc(C(=O)N4CCOCC4)cc3)c(C(N)=O)cn2)C1. The van der Waals surface area contributed by atoms with Gasteiger partial charge < -0.3 is 35.6 Å². The summed E-state index contributed by atoms with van der Waals surface area (Å²) in [6.45, 7) is 9.03. The van der Waals surface area contributed by atoms with Gasteiger partial charge >= 0.3 is 6.09 Å². The van der Waals surface area contributed by atoms with Gasteiger partial charge in [-0.05, 0) is 57.9 Å². The molecule has 1 aromatic heterocycles. The summed E-state index contributed by atoms with van der Waals surface area (Å²) in [5.41, 5.74) is 7.09. The van der Waals surface area contributed by atoms with Crippen molar-refractivity contribution in [2.24, 2.45) is 5.73 Å². The minimum atomic E-state index is -0.603. The number of nitrogens with two attached hydrogens (primary N) is 1. The molecule has 0 radical (unpaired) electrons. The number of nitrogens with zero attached hydrogens (tertiary/aromatic N) is 3. The van der Waals surface area contributed by atoms with Crippen LogP contribution in [0, 0.1) is 0 Å². The third-order valence-corrected chi connectivity index (χ3v) is 6.33. The first-order chi connectivity index (χ1) is 18.1. The van der Waals surface area contributed by atoms with E-state index in [2.05, 4.69) is 20.5 Å². The highest BCUT2D eigenvalue weighted by Crippen LogP contribution is 2.27. The van der Waals surface area contributed by atoms with Crippen molar-refractivity contribution in [2.45, 2.75) is 45.3 Å². The standard InChI is InChI=1S/C27H36N6O5/c1-27(2,3)38-26(36)31-20-5-4-10-33(17-20)23-15-22(21(16-29-23)24(28)34)30-19-8-6-18(7-9-19)25(35)32-11-13-37-14-12-32/h6-9,15-16,20H,4-5,10-14,17H2,1-3H3,(H2,28,34)(H,29,30)(H,31,36)/t20-/m1/s1. The van der Waals surface area contributed by atoms with Crippen LogP contribution in [-0.2, 0) is 9.47 Å². The number of aromatic nitrogens is 1. The fourth-order valence-electron chi connectivity index (χ4n) is 4.49. The smallest absolute Gasteiger partial charge is 0.407 e. The number of nitrogens with one attached hydrogen (secondary N) is 2. The Bertz CT molecular complexity index is 1160. The van der Waals surface area contributed by atoms with E-state index in [4.69, 9.17) is 15.2 Å². The molecule has 11 nitrogen and oxygen atoms in total. The molecule has 2 fully saturated rings. The highest BCUT2D eigenvalue weighted by atomic mass is 16.6. The van der Waals surface area contributed by atoms with Gasteiger partial charge in [0.15, 0.2) is 0 Å². The maximum atomic E-state index is 12.7. The number of anilines is 3. The average Bonchev–Trinajstić information content (AvgIpc) is 2.88. The second-order valence-corrected chi connectivity index (χ2v) is 10.5. The van der Waals surface area contributed by atoms with Crippen LogP contribution in [0.2, 0.25) is 0 Å². The lowest BCUT2D eigenvalue weighted by molar-refractivity contribution is 0.0303. The molecular weight excluding hydrogens is 488 g/mol. The van der Waals surface area contributed by atoms with Crippen LogP contribution < -0.4 is 21.3 Å². The summed E-state index contributed by atoms with van der Waals surface area (Å²) >= 11 is 0. The van der Waals surface area contributed by atoms with Crippen molar-refractivity contribution in [3.8, 4) is 0 Å². The van der Waals surface area contributed by atoms with Gasteiger partial charge in [0.2, 0.25) is 0 Å². The quantitative estimate of drug-likeness (QED) is 0.524. The number of pyridine rings is 1. The molecule has 2 aliphatic heterocycles. The molecule has 0 saturated carbocycles. The molecule has 0 unspecified atom stereocenters. The molecule has 3 amide bonds. The number of amides is 3. The van der Waals surface area contributed by atoms with E-state index in [9.17, 15) is 14.4 Å². The zero-order chi connectivity index (χ0) is 27.3. The molecule has 204 valence electrons. The number of primary amides is 1. The van der Waals surface area contributed by atoms with Crippen LogP contribution in [0.25, 0.3) is 0 Å². The Kier molecular flexibility index (Phi) is 8.35. The Labute approximate surface area is 222 Å². The fourth-order valence-corrected chi connectivity index (χ4v) is 4.49. The van der Waals surface area contributed by atoms with Crippen LogP contribution in [0.5, 0.6) is 0 Å². The second-order valence-electron chi connectivity index (χ2n) is 10.5. The molecule has 2 aromatic rings. The number of hydrogen-bond acceptors (Lipinski definition) is 8. The molecule has 4 N–H and O–H groups in total. The van der Waals surface area contributed by atoms with E-state index in [0.717, 1.165) is 19.4 Å². The summed E-state index contributed by atoms with van der Waals surface area (Å²) < 4.78 is 10.7. The number of ether oxygens (including phenoxy) is 2. The maximum Gasteiger partial charge on any atom is 0.407 e. The first-order valence-corrected chi connectivity index (χ1v) is 12.9. The number of carbonyl (C=O) groups is 3. The lowest BCUT2D eigenvalue weighted by Gasteiger charge is -2.34. The number of piperidine rings is 1. The van der Waals surface area contributed by atoms with Gasteiger partial charge in [-0.15, -0.1) is 0 Å². The van der Waals surface area contributed by atoms with E-state index < -0.39 is 17.6 Å². The second kappa shape index (κ2) is 11.7. The first-order valence-electron chi connectivity index (χ1n) is 12.9. The summed E-state index contributed by atoms with van der Waals surface area (Å²) in [4.78, 5) is 45.4.